The molecule has 1 saturated carbocycles. The normalized spacial score (nSPS) is 15.6. The average Bonchev–Trinajstić information content (AvgIpc) is 3.49. The maximum atomic E-state index is 12.6. The molecular weight excluding hydrogens is 410 g/mol. The molecule has 6 nitrogen and oxygen atoms in total. The highest BCUT2D eigenvalue weighted by Crippen LogP contribution is 2.33. The molecule has 1 N–H and O–H groups in total. The van der Waals surface area contributed by atoms with Crippen LogP contribution in [0.2, 0.25) is 0 Å². The van der Waals surface area contributed by atoms with E-state index in [-0.39, 0.29) is 12.7 Å². The second-order valence-corrected chi connectivity index (χ2v) is 8.85. The third kappa shape index (κ3) is 4.23. The van der Waals surface area contributed by atoms with Crippen molar-refractivity contribution in [3.05, 3.63) is 53.4 Å². The highest BCUT2D eigenvalue weighted by Gasteiger charge is 2.21. The predicted octanol–water partition coefficient (Wildman–Crippen LogP) is 5.56. The number of carbonyl (C=O) groups excluding carboxylic acids is 1. The molecule has 0 unspecified atom stereocenters. The second kappa shape index (κ2) is 8.59. The summed E-state index contributed by atoms with van der Waals surface area (Å²) in [5, 5.41) is 6.11. The molecule has 0 bridgehead atoms. The number of nitrogens with one attached hydrogen (secondary N) is 1. The zero-order valence-electron chi connectivity index (χ0n) is 17.5. The summed E-state index contributed by atoms with van der Waals surface area (Å²) in [6, 6.07) is 13.6. The van der Waals surface area contributed by atoms with Crippen LogP contribution < -0.4 is 19.7 Å². The maximum Gasteiger partial charge on any atom is 0.255 e. The van der Waals surface area contributed by atoms with Gasteiger partial charge < -0.3 is 19.7 Å². The fourth-order valence-electron chi connectivity index (χ4n) is 4.15. The first-order chi connectivity index (χ1) is 15.2. The molecule has 0 spiro atoms. The molecule has 160 valence electrons. The number of hydrogen-bond donors (Lipinski definition) is 1. The van der Waals surface area contributed by atoms with E-state index in [1.54, 1.807) is 29.5 Å². The number of thiazole rings is 1. The van der Waals surface area contributed by atoms with Crippen molar-refractivity contribution in [3.8, 4) is 22.8 Å². The van der Waals surface area contributed by atoms with Gasteiger partial charge in [0.1, 0.15) is 0 Å². The molecule has 1 fully saturated rings. The predicted molar refractivity (Wildman–Crippen MR) is 123 cm³/mol. The summed E-state index contributed by atoms with van der Waals surface area (Å²) in [4.78, 5) is 19.8. The van der Waals surface area contributed by atoms with Gasteiger partial charge in [-0.15, -0.1) is 11.3 Å². The minimum absolute atomic E-state index is 0.184. The number of aromatic nitrogens is 1. The van der Waals surface area contributed by atoms with Crippen LogP contribution in [0, 0.1) is 0 Å². The second-order valence-electron chi connectivity index (χ2n) is 8.02. The molecule has 2 heterocycles. The molecule has 0 radical (unpaired) electrons. The first-order valence-electron chi connectivity index (χ1n) is 10.7. The summed E-state index contributed by atoms with van der Waals surface area (Å²) in [5.74, 6) is 1.08. The standard InChI is InChI=1S/C24H25N3O3S/c1-27(19-5-3-2-4-6-19)24-26-20(14-31-24)16-7-10-18(11-8-16)25-23(28)17-9-12-21-22(13-17)30-15-29-21/h7-14,19H,2-6,15H2,1H3,(H,25,28). The Balaban J connectivity index is 1.25. The number of rotatable bonds is 5. The van der Waals surface area contributed by atoms with Crippen molar-refractivity contribution in [2.24, 2.45) is 0 Å². The molecule has 0 atom stereocenters. The summed E-state index contributed by atoms with van der Waals surface area (Å²) in [7, 11) is 2.16. The number of hydrogen-bond acceptors (Lipinski definition) is 6. The number of carbonyl (C=O) groups is 1. The van der Waals surface area contributed by atoms with E-state index in [4.69, 9.17) is 14.5 Å². The minimum Gasteiger partial charge on any atom is -0.454 e. The first kappa shape index (κ1) is 19.9. The monoisotopic (exact) mass is 435 g/mol. The van der Waals surface area contributed by atoms with Crippen molar-refractivity contribution < 1.29 is 14.3 Å². The van der Waals surface area contributed by atoms with Crippen molar-refractivity contribution in [2.45, 2.75) is 38.1 Å². The van der Waals surface area contributed by atoms with Crippen molar-refractivity contribution in [3.63, 3.8) is 0 Å². The zero-order chi connectivity index (χ0) is 21.2. The van der Waals surface area contributed by atoms with Crippen LogP contribution in [0.5, 0.6) is 11.5 Å². The Kier molecular flexibility index (Phi) is 5.51. The van der Waals surface area contributed by atoms with Crippen LogP contribution in [0.3, 0.4) is 0 Å². The molecule has 2 aliphatic rings. The summed E-state index contributed by atoms with van der Waals surface area (Å²) in [5.41, 5.74) is 3.28. The highest BCUT2D eigenvalue weighted by molar-refractivity contribution is 7.14. The van der Waals surface area contributed by atoms with Gasteiger partial charge in [-0.1, -0.05) is 31.4 Å². The van der Waals surface area contributed by atoms with Gasteiger partial charge in [-0.2, -0.15) is 0 Å². The average molecular weight is 436 g/mol. The van der Waals surface area contributed by atoms with Gasteiger partial charge in [0, 0.05) is 35.3 Å². The quantitative estimate of drug-likeness (QED) is 0.568. The van der Waals surface area contributed by atoms with Crippen molar-refractivity contribution in [1.82, 2.24) is 4.98 Å². The summed E-state index contributed by atoms with van der Waals surface area (Å²) in [6.45, 7) is 0.191. The van der Waals surface area contributed by atoms with Crippen LogP contribution in [0.15, 0.2) is 47.8 Å². The molecule has 2 aromatic carbocycles. The number of anilines is 2. The summed E-state index contributed by atoms with van der Waals surface area (Å²) in [6.07, 6.45) is 6.48. The van der Waals surface area contributed by atoms with Crippen molar-refractivity contribution in [2.75, 3.05) is 24.1 Å². The summed E-state index contributed by atoms with van der Waals surface area (Å²) < 4.78 is 10.6. The van der Waals surface area contributed by atoms with Gasteiger partial charge in [0.25, 0.3) is 5.91 Å². The van der Waals surface area contributed by atoms with Crippen molar-refractivity contribution >= 4 is 28.1 Å². The molecular formula is C24H25N3O3S. The Hall–Kier alpha value is -3.06. The van der Waals surface area contributed by atoms with E-state index < -0.39 is 0 Å². The van der Waals surface area contributed by atoms with Crippen LogP contribution in [-0.2, 0) is 0 Å². The van der Waals surface area contributed by atoms with Gasteiger partial charge in [-0.05, 0) is 43.2 Å². The Morgan fingerprint density at radius 3 is 2.65 bits per heavy atom. The third-order valence-corrected chi connectivity index (χ3v) is 6.92. The van der Waals surface area contributed by atoms with Gasteiger partial charge in [0.15, 0.2) is 16.6 Å². The number of benzene rings is 2. The van der Waals surface area contributed by atoms with Crippen LogP contribution in [0.1, 0.15) is 42.5 Å². The number of amides is 1. The topological polar surface area (TPSA) is 63.7 Å². The Labute approximate surface area is 185 Å². The van der Waals surface area contributed by atoms with E-state index in [2.05, 4.69) is 22.6 Å². The molecule has 31 heavy (non-hydrogen) atoms. The molecule has 1 aliphatic carbocycles. The molecule has 1 aliphatic heterocycles. The van der Waals surface area contributed by atoms with E-state index >= 15 is 0 Å². The molecule has 3 aromatic rings. The fraction of sp³-hybridized carbons (Fsp3) is 0.333. The maximum absolute atomic E-state index is 12.6. The van der Waals surface area contributed by atoms with Gasteiger partial charge in [0.05, 0.1) is 5.69 Å². The lowest BCUT2D eigenvalue weighted by Crippen LogP contribution is -2.33. The van der Waals surface area contributed by atoms with E-state index in [1.807, 2.05) is 24.3 Å². The molecule has 1 aromatic heterocycles. The molecule has 1 amide bonds. The van der Waals surface area contributed by atoms with E-state index in [0.717, 1.165) is 22.1 Å². The minimum atomic E-state index is -0.184. The van der Waals surface area contributed by atoms with E-state index in [9.17, 15) is 4.79 Å². The SMILES string of the molecule is CN(c1nc(-c2ccc(NC(=O)c3ccc4c(c3)OCO4)cc2)cs1)C1CCCCC1. The Morgan fingerprint density at radius 2 is 1.84 bits per heavy atom. The van der Waals surface area contributed by atoms with E-state index in [0.29, 0.717) is 23.1 Å². The molecule has 0 saturated heterocycles. The van der Waals surface area contributed by atoms with Gasteiger partial charge in [-0.25, -0.2) is 4.98 Å². The van der Waals surface area contributed by atoms with Crippen molar-refractivity contribution in [1.29, 1.82) is 0 Å². The van der Waals surface area contributed by atoms with Crippen LogP contribution in [0.4, 0.5) is 10.8 Å². The number of ether oxygens (including phenoxy) is 2. The fourth-order valence-corrected chi connectivity index (χ4v) is 5.02. The van der Waals surface area contributed by atoms with Crippen LogP contribution in [-0.4, -0.2) is 30.8 Å². The lowest BCUT2D eigenvalue weighted by molar-refractivity contribution is 0.102. The van der Waals surface area contributed by atoms with Crippen LogP contribution >= 0.6 is 11.3 Å². The van der Waals surface area contributed by atoms with E-state index in [1.165, 1.54) is 32.1 Å². The van der Waals surface area contributed by atoms with Gasteiger partial charge >= 0.3 is 0 Å². The lowest BCUT2D eigenvalue weighted by atomic mass is 9.95. The largest absolute Gasteiger partial charge is 0.454 e. The number of nitrogens with zero attached hydrogens (tertiary/aromatic N) is 2. The summed E-state index contributed by atoms with van der Waals surface area (Å²) >= 11 is 1.69. The molecule has 7 heteroatoms. The van der Waals surface area contributed by atoms with Gasteiger partial charge in [-0.3, -0.25) is 4.79 Å². The Bertz CT molecular complexity index is 1070. The first-order valence-corrected chi connectivity index (χ1v) is 11.6. The number of fused-ring (bicyclic) bond motifs is 1. The molecule has 5 rings (SSSR count). The third-order valence-electron chi connectivity index (χ3n) is 5.99. The lowest BCUT2D eigenvalue weighted by Gasteiger charge is -2.30. The smallest absolute Gasteiger partial charge is 0.255 e. The Morgan fingerprint density at radius 1 is 1.06 bits per heavy atom. The highest BCUT2D eigenvalue weighted by atomic mass is 32.1. The van der Waals surface area contributed by atoms with Crippen LogP contribution in [0.25, 0.3) is 11.3 Å². The zero-order valence-corrected chi connectivity index (χ0v) is 18.3. The van der Waals surface area contributed by atoms with Gasteiger partial charge in [0.2, 0.25) is 6.79 Å².